The smallest absolute Gasteiger partial charge is 0.167 e. The van der Waals surface area contributed by atoms with E-state index < -0.39 is 6.10 Å². The number of nitrogens with zero attached hydrogens (tertiary/aromatic N) is 2. The van der Waals surface area contributed by atoms with Crippen molar-refractivity contribution in [3.63, 3.8) is 0 Å². The molecule has 4 aromatic rings. The molecule has 0 bridgehead atoms. The molecule has 6 nitrogen and oxygen atoms in total. The third-order valence-electron chi connectivity index (χ3n) is 4.76. The maximum Gasteiger partial charge on any atom is 0.167 e. The Morgan fingerprint density at radius 3 is 2.55 bits per heavy atom. The van der Waals surface area contributed by atoms with Crippen molar-refractivity contribution < 1.29 is 14.7 Å². The highest BCUT2D eigenvalue weighted by molar-refractivity contribution is 5.92. The first-order valence-corrected chi connectivity index (χ1v) is 9.11. The second kappa shape index (κ2) is 9.15. The molecule has 2 heterocycles. The molecule has 150 valence electrons. The van der Waals surface area contributed by atoms with Crippen molar-refractivity contribution in [2.45, 2.75) is 18.6 Å². The number of hydrogen-bond acceptors (Lipinski definition) is 6. The second-order valence-corrected chi connectivity index (χ2v) is 6.68. The summed E-state index contributed by atoms with van der Waals surface area (Å²) in [6, 6.07) is 20.6. The number of benzene rings is 2. The summed E-state index contributed by atoms with van der Waals surface area (Å²) >= 11 is 0. The number of aliphatic hydroxyl groups is 2. The minimum atomic E-state index is -0.995. The maximum atomic E-state index is 9.81. The van der Waals surface area contributed by atoms with Gasteiger partial charge in [0.05, 0.1) is 12.3 Å². The molecule has 0 saturated heterocycles. The van der Waals surface area contributed by atoms with E-state index in [1.165, 1.54) is 0 Å². The molecule has 2 aromatic carbocycles. The summed E-state index contributed by atoms with van der Waals surface area (Å²) in [7, 11) is 0. The van der Waals surface area contributed by atoms with E-state index in [1.54, 1.807) is 12.1 Å². The Morgan fingerprint density at radius 1 is 0.966 bits per heavy atom. The van der Waals surface area contributed by atoms with Gasteiger partial charge in [0.15, 0.2) is 5.58 Å². The van der Waals surface area contributed by atoms with Crippen LogP contribution in [-0.2, 0) is 6.42 Å². The van der Waals surface area contributed by atoms with Gasteiger partial charge in [-0.15, -0.1) is 12.4 Å². The lowest BCUT2D eigenvalue weighted by Crippen LogP contribution is -2.16. The van der Waals surface area contributed by atoms with Crippen molar-refractivity contribution in [3.05, 3.63) is 83.7 Å². The van der Waals surface area contributed by atoms with Crippen LogP contribution in [0.4, 0.5) is 0 Å². The number of hydrogen-bond donors (Lipinski definition) is 3. The highest BCUT2D eigenvalue weighted by Crippen LogP contribution is 2.33. The van der Waals surface area contributed by atoms with Crippen LogP contribution >= 0.6 is 12.4 Å². The lowest BCUT2D eigenvalue weighted by atomic mass is 9.94. The van der Waals surface area contributed by atoms with Gasteiger partial charge in [-0.3, -0.25) is 4.98 Å². The number of pyridine rings is 1. The summed E-state index contributed by atoms with van der Waals surface area (Å²) in [6.45, 7) is -0.370. The SMILES string of the molecule is Cl.N[C@@H](Cc1cccc(C(O)CO)n1)c1ccccc1-c1noc2ccccc12. The van der Waals surface area contributed by atoms with Crippen LogP contribution in [0.25, 0.3) is 22.2 Å². The van der Waals surface area contributed by atoms with Gasteiger partial charge in [-0.25, -0.2) is 0 Å². The van der Waals surface area contributed by atoms with Gasteiger partial charge >= 0.3 is 0 Å². The van der Waals surface area contributed by atoms with Gasteiger partial charge in [-0.1, -0.05) is 47.6 Å². The molecule has 2 atom stereocenters. The van der Waals surface area contributed by atoms with Crippen molar-refractivity contribution in [3.8, 4) is 11.3 Å². The first-order valence-electron chi connectivity index (χ1n) is 9.11. The van der Waals surface area contributed by atoms with Crippen molar-refractivity contribution in [2.24, 2.45) is 5.73 Å². The van der Waals surface area contributed by atoms with Crippen molar-refractivity contribution >= 4 is 23.4 Å². The Hall–Kier alpha value is -2.77. The van der Waals surface area contributed by atoms with Gasteiger partial charge in [0.1, 0.15) is 11.8 Å². The Bertz CT molecular complexity index is 1100. The summed E-state index contributed by atoms with van der Waals surface area (Å²) in [6.07, 6.45) is -0.511. The lowest BCUT2D eigenvalue weighted by Gasteiger charge is -2.16. The summed E-state index contributed by atoms with van der Waals surface area (Å²) in [5, 5.41) is 24.1. The Morgan fingerprint density at radius 2 is 1.72 bits per heavy atom. The predicted octanol–water partition coefficient (Wildman–Crippen LogP) is 3.58. The molecule has 0 spiro atoms. The quantitative estimate of drug-likeness (QED) is 0.448. The lowest BCUT2D eigenvalue weighted by molar-refractivity contribution is 0.0921. The van der Waals surface area contributed by atoms with Crippen molar-refractivity contribution in [1.82, 2.24) is 10.1 Å². The topological polar surface area (TPSA) is 105 Å². The molecule has 0 fully saturated rings. The highest BCUT2D eigenvalue weighted by Gasteiger charge is 2.18. The van der Waals surface area contributed by atoms with Crippen LogP contribution in [0.15, 0.2) is 71.3 Å². The van der Waals surface area contributed by atoms with Crippen molar-refractivity contribution in [1.29, 1.82) is 0 Å². The number of fused-ring (bicyclic) bond motifs is 1. The fraction of sp³-hybridized carbons (Fsp3) is 0.182. The standard InChI is InChI=1S/C22H21N3O3.ClH/c23-18(12-14-6-5-10-19(24-14)20(27)13-26)15-7-1-2-8-16(15)22-17-9-3-4-11-21(17)28-25-22;/h1-11,18,20,26-27H,12-13,23H2;1H/t18-,20?;/m0./s1. The minimum Gasteiger partial charge on any atom is -0.393 e. The molecule has 1 unspecified atom stereocenters. The van der Waals surface area contributed by atoms with Gasteiger partial charge in [-0.05, 0) is 29.8 Å². The van der Waals surface area contributed by atoms with Gasteiger partial charge in [0.2, 0.25) is 0 Å². The molecule has 2 aromatic heterocycles. The van der Waals surface area contributed by atoms with Crippen LogP contribution in [0.3, 0.4) is 0 Å². The van der Waals surface area contributed by atoms with Crippen LogP contribution in [0.2, 0.25) is 0 Å². The van der Waals surface area contributed by atoms with Crippen LogP contribution in [0.5, 0.6) is 0 Å². The molecule has 0 aliphatic carbocycles. The average molecular weight is 412 g/mol. The molecule has 0 saturated carbocycles. The number of para-hydroxylation sites is 1. The number of rotatable bonds is 6. The first kappa shape index (κ1) is 21.0. The average Bonchev–Trinajstić information content (AvgIpc) is 3.17. The summed E-state index contributed by atoms with van der Waals surface area (Å²) < 4.78 is 5.46. The molecule has 0 amide bonds. The zero-order valence-corrected chi connectivity index (χ0v) is 16.4. The molecular weight excluding hydrogens is 390 g/mol. The van der Waals surface area contributed by atoms with Crippen LogP contribution in [0.1, 0.15) is 29.1 Å². The van der Waals surface area contributed by atoms with E-state index in [0.717, 1.165) is 33.5 Å². The van der Waals surface area contributed by atoms with Crippen LogP contribution in [-0.4, -0.2) is 27.0 Å². The zero-order chi connectivity index (χ0) is 19.5. The molecule has 29 heavy (non-hydrogen) atoms. The minimum absolute atomic E-state index is 0. The Kier molecular flexibility index (Phi) is 6.61. The summed E-state index contributed by atoms with van der Waals surface area (Å²) in [5.74, 6) is 0. The maximum absolute atomic E-state index is 9.81. The number of aliphatic hydroxyl groups excluding tert-OH is 2. The normalized spacial score (nSPS) is 13.1. The third-order valence-corrected chi connectivity index (χ3v) is 4.76. The van der Waals surface area contributed by atoms with Crippen LogP contribution in [0, 0.1) is 0 Å². The zero-order valence-electron chi connectivity index (χ0n) is 15.6. The molecular formula is C22H22ClN3O3. The molecule has 4 N–H and O–H groups in total. The number of halogens is 1. The summed E-state index contributed by atoms with van der Waals surface area (Å²) in [5.41, 5.74) is 11.1. The Labute approximate surface area is 174 Å². The van der Waals surface area contributed by atoms with E-state index in [-0.39, 0.29) is 25.1 Å². The van der Waals surface area contributed by atoms with E-state index in [0.29, 0.717) is 12.1 Å². The molecule has 7 heteroatoms. The molecule has 0 aliphatic rings. The van der Waals surface area contributed by atoms with Gasteiger partial charge in [-0.2, -0.15) is 0 Å². The number of nitrogens with two attached hydrogens (primary N) is 1. The fourth-order valence-corrected chi connectivity index (χ4v) is 3.34. The fourth-order valence-electron chi connectivity index (χ4n) is 3.34. The van der Waals surface area contributed by atoms with Gasteiger partial charge < -0.3 is 20.5 Å². The molecule has 0 aliphatic heterocycles. The molecule has 0 radical (unpaired) electrons. The third kappa shape index (κ3) is 4.31. The van der Waals surface area contributed by atoms with E-state index in [4.69, 9.17) is 15.4 Å². The highest BCUT2D eigenvalue weighted by atomic mass is 35.5. The van der Waals surface area contributed by atoms with E-state index in [1.807, 2.05) is 54.6 Å². The summed E-state index contributed by atoms with van der Waals surface area (Å²) in [4.78, 5) is 4.43. The number of aromatic nitrogens is 2. The Balaban J connectivity index is 0.00000240. The van der Waals surface area contributed by atoms with Crippen LogP contribution < -0.4 is 5.73 Å². The molecule has 4 rings (SSSR count). The largest absolute Gasteiger partial charge is 0.393 e. The van der Waals surface area contributed by atoms with Gasteiger partial charge in [0, 0.05) is 29.1 Å². The predicted molar refractivity (Wildman–Crippen MR) is 114 cm³/mol. The van der Waals surface area contributed by atoms with E-state index >= 15 is 0 Å². The second-order valence-electron chi connectivity index (χ2n) is 6.68. The first-order chi connectivity index (χ1) is 13.7. The monoisotopic (exact) mass is 411 g/mol. The van der Waals surface area contributed by atoms with E-state index in [9.17, 15) is 5.11 Å². The van der Waals surface area contributed by atoms with E-state index in [2.05, 4.69) is 10.1 Å². The van der Waals surface area contributed by atoms with Crippen molar-refractivity contribution in [2.75, 3.05) is 6.61 Å². The van der Waals surface area contributed by atoms with Gasteiger partial charge in [0.25, 0.3) is 0 Å².